The second-order valence-electron chi connectivity index (χ2n) is 4.69. The van der Waals surface area contributed by atoms with Crippen LogP contribution in [0.25, 0.3) is 0 Å². The zero-order valence-corrected chi connectivity index (χ0v) is 11.4. The molecule has 2 aromatic carbocycles. The Hall–Kier alpha value is -1.81. The number of hydrogen-bond donors (Lipinski definition) is 1. The minimum atomic E-state index is -0.914. The highest BCUT2D eigenvalue weighted by Gasteiger charge is 2.22. The molecule has 1 atom stereocenters. The number of nitrogens with one attached hydrogen (secondary N) is 1. The van der Waals surface area contributed by atoms with Crippen LogP contribution in [-0.4, -0.2) is 6.54 Å². The van der Waals surface area contributed by atoms with Gasteiger partial charge in [0.05, 0.1) is 6.04 Å². The molecule has 4 heteroatoms. The summed E-state index contributed by atoms with van der Waals surface area (Å²) in [6, 6.07) is 8.16. The Balaban J connectivity index is 2.54. The third-order valence-corrected chi connectivity index (χ3v) is 3.12. The summed E-state index contributed by atoms with van der Waals surface area (Å²) in [5.41, 5.74) is 1.59. The summed E-state index contributed by atoms with van der Waals surface area (Å²) in [7, 11) is 0. The van der Waals surface area contributed by atoms with Crippen LogP contribution in [0.1, 0.15) is 29.7 Å². The molecule has 2 rings (SSSR count). The van der Waals surface area contributed by atoms with Crippen molar-refractivity contribution in [2.45, 2.75) is 19.9 Å². The van der Waals surface area contributed by atoms with Crippen molar-refractivity contribution in [1.82, 2.24) is 5.32 Å². The largest absolute Gasteiger partial charge is 0.306 e. The molecule has 0 heterocycles. The van der Waals surface area contributed by atoms with Crippen molar-refractivity contribution in [3.05, 3.63) is 70.5 Å². The van der Waals surface area contributed by atoms with Gasteiger partial charge in [0.15, 0.2) is 0 Å². The molecule has 0 aromatic heterocycles. The second-order valence-corrected chi connectivity index (χ2v) is 4.69. The van der Waals surface area contributed by atoms with Crippen molar-refractivity contribution in [2.75, 3.05) is 6.54 Å². The Bertz CT molecular complexity index is 587. The first-order valence-corrected chi connectivity index (χ1v) is 6.47. The lowest BCUT2D eigenvalue weighted by Gasteiger charge is -2.20. The maximum absolute atomic E-state index is 14.0. The summed E-state index contributed by atoms with van der Waals surface area (Å²) in [6.45, 7) is 4.29. The summed E-state index contributed by atoms with van der Waals surface area (Å²) < 4.78 is 40.9. The van der Waals surface area contributed by atoms with Gasteiger partial charge < -0.3 is 5.32 Å². The number of halogens is 3. The van der Waals surface area contributed by atoms with Gasteiger partial charge in [-0.05, 0) is 19.0 Å². The van der Waals surface area contributed by atoms with Crippen molar-refractivity contribution in [3.63, 3.8) is 0 Å². The van der Waals surface area contributed by atoms with Crippen molar-refractivity contribution in [1.29, 1.82) is 0 Å². The van der Waals surface area contributed by atoms with Crippen LogP contribution < -0.4 is 5.32 Å². The standard InChI is InChI=1S/C16H16F3N/c1-3-20-16(11-6-4-5-10(2)7-11)15-13(18)8-12(17)9-14(15)19/h4-9,16,20H,3H2,1-2H3. The molecular formula is C16H16F3N. The highest BCUT2D eigenvalue weighted by molar-refractivity contribution is 5.35. The molecular weight excluding hydrogens is 263 g/mol. The minimum absolute atomic E-state index is 0.154. The summed E-state index contributed by atoms with van der Waals surface area (Å²) in [5, 5.41) is 3.04. The van der Waals surface area contributed by atoms with Gasteiger partial charge in [-0.1, -0.05) is 36.8 Å². The summed E-state index contributed by atoms with van der Waals surface area (Å²) >= 11 is 0. The van der Waals surface area contributed by atoms with Crippen LogP contribution in [0.5, 0.6) is 0 Å². The van der Waals surface area contributed by atoms with Crippen molar-refractivity contribution >= 4 is 0 Å². The van der Waals surface area contributed by atoms with Crippen LogP contribution in [0.3, 0.4) is 0 Å². The van der Waals surface area contributed by atoms with E-state index < -0.39 is 23.5 Å². The molecule has 0 saturated heterocycles. The average Bonchev–Trinajstić information content (AvgIpc) is 2.36. The van der Waals surface area contributed by atoms with Crippen LogP contribution in [0.2, 0.25) is 0 Å². The molecule has 1 unspecified atom stereocenters. The normalized spacial score (nSPS) is 12.4. The van der Waals surface area contributed by atoms with E-state index in [0.717, 1.165) is 11.1 Å². The van der Waals surface area contributed by atoms with Gasteiger partial charge in [-0.25, -0.2) is 13.2 Å². The second kappa shape index (κ2) is 6.09. The highest BCUT2D eigenvalue weighted by Crippen LogP contribution is 2.28. The van der Waals surface area contributed by atoms with E-state index in [9.17, 15) is 13.2 Å². The lowest BCUT2D eigenvalue weighted by molar-refractivity contribution is 0.492. The van der Waals surface area contributed by atoms with Gasteiger partial charge in [0.25, 0.3) is 0 Å². The van der Waals surface area contributed by atoms with Gasteiger partial charge >= 0.3 is 0 Å². The molecule has 1 nitrogen and oxygen atoms in total. The Morgan fingerprint density at radius 2 is 1.70 bits per heavy atom. The molecule has 0 amide bonds. The van der Waals surface area contributed by atoms with E-state index in [0.29, 0.717) is 18.7 Å². The monoisotopic (exact) mass is 279 g/mol. The van der Waals surface area contributed by atoms with Crippen LogP contribution >= 0.6 is 0 Å². The summed E-state index contributed by atoms with van der Waals surface area (Å²) in [6.07, 6.45) is 0. The first-order chi connectivity index (χ1) is 9.52. The summed E-state index contributed by atoms with van der Waals surface area (Å²) in [5.74, 6) is -2.67. The van der Waals surface area contributed by atoms with Crippen LogP contribution in [-0.2, 0) is 0 Å². The molecule has 0 aliphatic heterocycles. The smallest absolute Gasteiger partial charge is 0.134 e. The fourth-order valence-electron chi connectivity index (χ4n) is 2.27. The molecule has 0 aliphatic rings. The number of rotatable bonds is 4. The Morgan fingerprint density at radius 3 is 2.25 bits per heavy atom. The van der Waals surface area contributed by atoms with E-state index >= 15 is 0 Å². The van der Waals surface area contributed by atoms with Gasteiger partial charge in [-0.2, -0.15) is 0 Å². The van der Waals surface area contributed by atoms with E-state index in [2.05, 4.69) is 5.32 Å². The van der Waals surface area contributed by atoms with Gasteiger partial charge in [-0.3, -0.25) is 0 Å². The van der Waals surface area contributed by atoms with E-state index in [-0.39, 0.29) is 5.56 Å². The topological polar surface area (TPSA) is 12.0 Å². The van der Waals surface area contributed by atoms with E-state index in [1.165, 1.54) is 0 Å². The van der Waals surface area contributed by atoms with E-state index in [1.807, 2.05) is 32.0 Å². The van der Waals surface area contributed by atoms with Crippen LogP contribution in [0.15, 0.2) is 36.4 Å². The van der Waals surface area contributed by atoms with Crippen molar-refractivity contribution < 1.29 is 13.2 Å². The number of hydrogen-bond acceptors (Lipinski definition) is 1. The number of benzene rings is 2. The van der Waals surface area contributed by atoms with Gasteiger partial charge in [0.2, 0.25) is 0 Å². The number of aryl methyl sites for hydroxylation is 1. The lowest BCUT2D eigenvalue weighted by Crippen LogP contribution is -2.24. The third kappa shape index (κ3) is 3.02. The molecule has 1 N–H and O–H groups in total. The fourth-order valence-corrected chi connectivity index (χ4v) is 2.27. The Morgan fingerprint density at radius 1 is 1.05 bits per heavy atom. The van der Waals surface area contributed by atoms with Gasteiger partial charge in [-0.15, -0.1) is 0 Å². The third-order valence-electron chi connectivity index (χ3n) is 3.12. The summed E-state index contributed by atoms with van der Waals surface area (Å²) in [4.78, 5) is 0. The molecule has 0 aliphatic carbocycles. The van der Waals surface area contributed by atoms with Crippen LogP contribution in [0, 0.1) is 24.4 Å². The molecule has 2 aromatic rings. The van der Waals surface area contributed by atoms with Crippen molar-refractivity contribution in [2.24, 2.45) is 0 Å². The first kappa shape index (κ1) is 14.6. The van der Waals surface area contributed by atoms with Gasteiger partial charge in [0, 0.05) is 17.7 Å². The van der Waals surface area contributed by atoms with Crippen LogP contribution in [0.4, 0.5) is 13.2 Å². The maximum atomic E-state index is 14.0. The van der Waals surface area contributed by atoms with E-state index in [1.54, 1.807) is 6.07 Å². The molecule has 20 heavy (non-hydrogen) atoms. The fraction of sp³-hybridized carbons (Fsp3) is 0.250. The predicted molar refractivity (Wildman–Crippen MR) is 73.0 cm³/mol. The average molecular weight is 279 g/mol. The molecule has 0 fully saturated rings. The molecule has 0 saturated carbocycles. The first-order valence-electron chi connectivity index (χ1n) is 6.47. The molecule has 0 bridgehead atoms. The molecule has 0 radical (unpaired) electrons. The van der Waals surface area contributed by atoms with Crippen molar-refractivity contribution in [3.8, 4) is 0 Å². The highest BCUT2D eigenvalue weighted by atomic mass is 19.1. The SMILES string of the molecule is CCNC(c1cccc(C)c1)c1c(F)cc(F)cc1F. The van der Waals surface area contributed by atoms with Gasteiger partial charge in [0.1, 0.15) is 17.5 Å². The molecule has 106 valence electrons. The lowest BCUT2D eigenvalue weighted by atomic mass is 9.96. The zero-order valence-electron chi connectivity index (χ0n) is 11.4. The zero-order chi connectivity index (χ0) is 14.7. The minimum Gasteiger partial charge on any atom is -0.306 e. The Kier molecular flexibility index (Phi) is 4.45. The quantitative estimate of drug-likeness (QED) is 0.888. The Labute approximate surface area is 116 Å². The maximum Gasteiger partial charge on any atom is 0.134 e. The van der Waals surface area contributed by atoms with E-state index in [4.69, 9.17) is 0 Å². The predicted octanol–water partition coefficient (Wildman–Crippen LogP) is 4.11. The molecule has 0 spiro atoms.